The predicted octanol–water partition coefficient (Wildman–Crippen LogP) is 2.30. The molecule has 0 radical (unpaired) electrons. The molecular formula is C16H21F3N2O4S. The molecule has 0 heterocycles. The van der Waals surface area contributed by atoms with Crippen molar-refractivity contribution >= 4 is 21.8 Å². The van der Waals surface area contributed by atoms with Crippen LogP contribution in [0.5, 0.6) is 0 Å². The molecule has 0 spiro atoms. The minimum atomic E-state index is -4.69. The molecule has 0 aromatic heterocycles. The molecule has 146 valence electrons. The van der Waals surface area contributed by atoms with Crippen LogP contribution in [0.2, 0.25) is 0 Å². The molecule has 0 atom stereocenters. The number of hydrogen-bond donors (Lipinski definition) is 1. The van der Waals surface area contributed by atoms with Gasteiger partial charge in [-0.05, 0) is 18.1 Å². The number of unbranched alkanes of at least 4 members (excludes halogenated alkanes) is 1. The number of likely N-dealkylation sites (N-methyl/N-ethyl adjacent to an activating group) is 1. The van der Waals surface area contributed by atoms with E-state index in [9.17, 15) is 31.2 Å². The highest BCUT2D eigenvalue weighted by molar-refractivity contribution is 7.88. The highest BCUT2D eigenvalue weighted by Gasteiger charge is 2.34. The smallest absolute Gasteiger partial charge is 0.295 e. The number of amides is 2. The average molecular weight is 394 g/mol. The SMILES string of the molecule is CCCCC(=O)NC(=O)CN(C)S(=O)(=O)Cc1ccccc1C(F)(F)F. The van der Waals surface area contributed by atoms with Crippen molar-refractivity contribution in [1.82, 2.24) is 9.62 Å². The summed E-state index contributed by atoms with van der Waals surface area (Å²) in [4.78, 5) is 23.2. The van der Waals surface area contributed by atoms with E-state index < -0.39 is 51.4 Å². The van der Waals surface area contributed by atoms with Crippen LogP contribution in [0.4, 0.5) is 13.2 Å². The van der Waals surface area contributed by atoms with Crippen molar-refractivity contribution in [3.63, 3.8) is 0 Å². The molecule has 1 rings (SSSR count). The number of carbonyl (C=O) groups excluding carboxylic acids is 2. The van der Waals surface area contributed by atoms with Crippen molar-refractivity contribution in [3.05, 3.63) is 35.4 Å². The minimum Gasteiger partial charge on any atom is -0.295 e. The van der Waals surface area contributed by atoms with E-state index in [-0.39, 0.29) is 6.42 Å². The number of alkyl halides is 3. The Balaban J connectivity index is 2.80. The number of nitrogens with zero attached hydrogens (tertiary/aromatic N) is 1. The van der Waals surface area contributed by atoms with Crippen molar-refractivity contribution < 1.29 is 31.2 Å². The van der Waals surface area contributed by atoms with Gasteiger partial charge in [-0.2, -0.15) is 17.5 Å². The molecule has 0 aliphatic rings. The van der Waals surface area contributed by atoms with Crippen LogP contribution in [0.3, 0.4) is 0 Å². The van der Waals surface area contributed by atoms with E-state index in [0.717, 1.165) is 31.7 Å². The van der Waals surface area contributed by atoms with Crippen molar-refractivity contribution in [3.8, 4) is 0 Å². The van der Waals surface area contributed by atoms with Gasteiger partial charge in [0.25, 0.3) is 0 Å². The van der Waals surface area contributed by atoms with Gasteiger partial charge in [0.05, 0.1) is 17.9 Å². The molecule has 1 aromatic rings. The van der Waals surface area contributed by atoms with Crippen molar-refractivity contribution in [2.24, 2.45) is 0 Å². The van der Waals surface area contributed by atoms with Gasteiger partial charge in [0, 0.05) is 13.5 Å². The highest BCUT2D eigenvalue weighted by atomic mass is 32.2. The van der Waals surface area contributed by atoms with Gasteiger partial charge in [0.1, 0.15) is 0 Å². The van der Waals surface area contributed by atoms with Gasteiger partial charge in [0.2, 0.25) is 21.8 Å². The summed E-state index contributed by atoms with van der Waals surface area (Å²) in [5.41, 5.74) is -1.46. The van der Waals surface area contributed by atoms with Gasteiger partial charge in [-0.1, -0.05) is 31.5 Å². The van der Waals surface area contributed by atoms with Crippen molar-refractivity contribution in [2.75, 3.05) is 13.6 Å². The zero-order valence-corrected chi connectivity index (χ0v) is 15.3. The second kappa shape index (κ2) is 9.13. The molecule has 0 saturated heterocycles. The Labute approximate surface area is 150 Å². The lowest BCUT2D eigenvalue weighted by Gasteiger charge is -2.18. The lowest BCUT2D eigenvalue weighted by Crippen LogP contribution is -2.41. The summed E-state index contributed by atoms with van der Waals surface area (Å²) >= 11 is 0. The fourth-order valence-corrected chi connectivity index (χ4v) is 3.30. The van der Waals surface area contributed by atoms with Crippen LogP contribution in [0, 0.1) is 0 Å². The molecule has 10 heteroatoms. The normalized spacial score (nSPS) is 12.2. The lowest BCUT2D eigenvalue weighted by atomic mass is 10.1. The average Bonchev–Trinajstić information content (AvgIpc) is 2.51. The third-order valence-corrected chi connectivity index (χ3v) is 5.29. The number of hydrogen-bond acceptors (Lipinski definition) is 4. The maximum atomic E-state index is 13.0. The van der Waals surface area contributed by atoms with E-state index in [2.05, 4.69) is 5.32 Å². The standard InChI is InChI=1S/C16H21F3N2O4S/c1-3-4-9-14(22)20-15(23)10-21(2)26(24,25)11-12-7-5-6-8-13(12)16(17,18)19/h5-8H,3-4,9-11H2,1-2H3,(H,20,22,23). The first kappa shape index (κ1) is 22.1. The van der Waals surface area contributed by atoms with Crippen LogP contribution in [0.15, 0.2) is 24.3 Å². The maximum absolute atomic E-state index is 13.0. The molecular weight excluding hydrogens is 373 g/mol. The van der Waals surface area contributed by atoms with Crippen LogP contribution in [0.25, 0.3) is 0 Å². The summed E-state index contributed by atoms with van der Waals surface area (Å²) in [5, 5.41) is 2.05. The summed E-state index contributed by atoms with van der Waals surface area (Å²) < 4.78 is 64.1. The molecule has 0 aliphatic heterocycles. The van der Waals surface area contributed by atoms with E-state index in [1.165, 1.54) is 6.07 Å². The van der Waals surface area contributed by atoms with E-state index >= 15 is 0 Å². The summed E-state index contributed by atoms with van der Waals surface area (Å²) in [6.07, 6.45) is -3.21. The minimum absolute atomic E-state index is 0.137. The summed E-state index contributed by atoms with van der Waals surface area (Å²) in [7, 11) is -3.11. The first-order valence-electron chi connectivity index (χ1n) is 7.89. The summed E-state index contributed by atoms with van der Waals surface area (Å²) in [6.45, 7) is 1.21. The number of nitrogens with one attached hydrogen (secondary N) is 1. The number of rotatable bonds is 8. The topological polar surface area (TPSA) is 83.6 Å². The van der Waals surface area contributed by atoms with Gasteiger partial charge < -0.3 is 0 Å². The van der Waals surface area contributed by atoms with Crippen LogP contribution in [-0.4, -0.2) is 38.1 Å². The first-order valence-corrected chi connectivity index (χ1v) is 9.50. The summed E-state index contributed by atoms with van der Waals surface area (Å²) in [5.74, 6) is -2.26. The van der Waals surface area contributed by atoms with Crippen molar-refractivity contribution in [1.29, 1.82) is 0 Å². The Bertz CT molecular complexity index is 748. The van der Waals surface area contributed by atoms with Crippen LogP contribution >= 0.6 is 0 Å². The van der Waals surface area contributed by atoms with Crippen LogP contribution in [-0.2, 0) is 31.5 Å². The quantitative estimate of drug-likeness (QED) is 0.733. The monoisotopic (exact) mass is 394 g/mol. The molecule has 0 aliphatic carbocycles. The number of sulfonamides is 1. The second-order valence-electron chi connectivity index (χ2n) is 5.74. The van der Waals surface area contributed by atoms with Crippen LogP contribution in [0.1, 0.15) is 37.3 Å². The van der Waals surface area contributed by atoms with Gasteiger partial charge in [0.15, 0.2) is 0 Å². The molecule has 0 unspecified atom stereocenters. The predicted molar refractivity (Wildman–Crippen MR) is 89.4 cm³/mol. The fraction of sp³-hybridized carbons (Fsp3) is 0.500. The number of benzene rings is 1. The number of halogens is 3. The lowest BCUT2D eigenvalue weighted by molar-refractivity contribution is -0.138. The van der Waals surface area contributed by atoms with Gasteiger partial charge in [-0.25, -0.2) is 8.42 Å². The molecule has 0 saturated carbocycles. The Kier molecular flexibility index (Phi) is 7.76. The Morgan fingerprint density at radius 3 is 2.35 bits per heavy atom. The molecule has 0 bridgehead atoms. The molecule has 26 heavy (non-hydrogen) atoms. The number of imide groups is 1. The van der Waals surface area contributed by atoms with Gasteiger partial charge in [-0.3, -0.25) is 14.9 Å². The second-order valence-corrected chi connectivity index (χ2v) is 7.82. The molecule has 6 nitrogen and oxygen atoms in total. The third kappa shape index (κ3) is 6.75. The van der Waals surface area contributed by atoms with Gasteiger partial charge in [-0.15, -0.1) is 0 Å². The Morgan fingerprint density at radius 2 is 1.77 bits per heavy atom. The molecule has 2 amide bonds. The summed E-state index contributed by atoms with van der Waals surface area (Å²) in [6, 6.07) is 4.34. The maximum Gasteiger partial charge on any atom is 0.416 e. The molecule has 0 fully saturated rings. The Morgan fingerprint density at radius 1 is 1.15 bits per heavy atom. The van der Waals surface area contributed by atoms with Crippen molar-refractivity contribution in [2.45, 2.75) is 38.1 Å². The van der Waals surface area contributed by atoms with Crippen LogP contribution < -0.4 is 5.32 Å². The van der Waals surface area contributed by atoms with Gasteiger partial charge >= 0.3 is 6.18 Å². The van der Waals surface area contributed by atoms with E-state index in [1.54, 1.807) is 0 Å². The zero-order chi connectivity index (χ0) is 20.0. The van der Waals surface area contributed by atoms with E-state index in [0.29, 0.717) is 10.7 Å². The number of carbonyl (C=O) groups is 2. The molecule has 1 N–H and O–H groups in total. The highest BCUT2D eigenvalue weighted by Crippen LogP contribution is 2.32. The first-order chi connectivity index (χ1) is 12.0. The fourth-order valence-electron chi connectivity index (χ4n) is 2.12. The van der Waals surface area contributed by atoms with E-state index in [4.69, 9.17) is 0 Å². The largest absolute Gasteiger partial charge is 0.416 e. The van der Waals surface area contributed by atoms with E-state index in [1.807, 2.05) is 6.92 Å². The zero-order valence-electron chi connectivity index (χ0n) is 14.5. The Hall–Kier alpha value is -1.94. The molecule has 1 aromatic carbocycles. The third-order valence-electron chi connectivity index (χ3n) is 3.54.